The van der Waals surface area contributed by atoms with Gasteiger partial charge in [0.25, 0.3) is 5.56 Å². The first-order chi connectivity index (χ1) is 13.4. The molecule has 5 nitrogen and oxygen atoms in total. The van der Waals surface area contributed by atoms with Crippen molar-refractivity contribution in [2.45, 2.75) is 26.3 Å². The second kappa shape index (κ2) is 9.17. The third-order valence-electron chi connectivity index (χ3n) is 4.24. The Morgan fingerprint density at radius 2 is 1.89 bits per heavy atom. The molecule has 0 aliphatic heterocycles. The Bertz CT molecular complexity index is 1050. The fraction of sp³-hybridized carbons (Fsp3) is 0.190. The van der Waals surface area contributed by atoms with Crippen LogP contribution in [0.4, 0.5) is 5.69 Å². The van der Waals surface area contributed by atoms with Crippen LogP contribution >= 0.6 is 27.5 Å². The molecular weight excluding hydrogens is 442 g/mol. The molecule has 0 saturated carbocycles. The lowest BCUT2D eigenvalue weighted by Gasteiger charge is -2.10. The van der Waals surface area contributed by atoms with Gasteiger partial charge in [-0.15, -0.1) is 0 Å². The minimum absolute atomic E-state index is 0.0904. The molecular formula is C21H19BrClN3O2. The number of rotatable bonds is 6. The number of nitrogens with zero attached hydrogens (tertiary/aromatic N) is 2. The number of anilines is 1. The number of nitrogens with one attached hydrogen (secondary N) is 1. The molecule has 0 radical (unpaired) electrons. The van der Waals surface area contributed by atoms with E-state index >= 15 is 0 Å². The molecule has 3 rings (SSSR count). The van der Waals surface area contributed by atoms with E-state index in [-0.39, 0.29) is 11.5 Å². The molecule has 28 heavy (non-hydrogen) atoms. The van der Waals surface area contributed by atoms with E-state index in [0.29, 0.717) is 30.1 Å². The zero-order chi connectivity index (χ0) is 20.1. The lowest BCUT2D eigenvalue weighted by Crippen LogP contribution is -2.23. The third-order valence-corrected chi connectivity index (χ3v) is 4.99. The molecule has 1 N–H and O–H groups in total. The summed E-state index contributed by atoms with van der Waals surface area (Å²) >= 11 is 9.32. The minimum Gasteiger partial charge on any atom is -0.326 e. The predicted molar refractivity (Wildman–Crippen MR) is 116 cm³/mol. The number of hydrogen-bond acceptors (Lipinski definition) is 3. The standard InChI is InChI=1S/C21H19BrClN3O2/c1-14-13-16(22)6-9-18(14)24-20(27)3-2-12-26-21(28)11-10-19(25-26)15-4-7-17(23)8-5-15/h4-11,13H,2-3,12H2,1H3,(H,24,27). The molecule has 0 unspecified atom stereocenters. The van der Waals surface area contributed by atoms with Gasteiger partial charge in [-0.25, -0.2) is 4.68 Å². The highest BCUT2D eigenvalue weighted by Crippen LogP contribution is 2.20. The summed E-state index contributed by atoms with van der Waals surface area (Å²) in [6, 6.07) is 16.1. The molecule has 1 aromatic heterocycles. The van der Waals surface area contributed by atoms with E-state index in [0.717, 1.165) is 21.3 Å². The van der Waals surface area contributed by atoms with Crippen molar-refractivity contribution in [2.75, 3.05) is 5.32 Å². The molecule has 3 aromatic rings. The Kier molecular flexibility index (Phi) is 6.65. The summed E-state index contributed by atoms with van der Waals surface area (Å²) < 4.78 is 2.36. The Morgan fingerprint density at radius 3 is 2.61 bits per heavy atom. The highest BCUT2D eigenvalue weighted by atomic mass is 79.9. The van der Waals surface area contributed by atoms with Crippen molar-refractivity contribution in [3.63, 3.8) is 0 Å². The first kappa shape index (κ1) is 20.3. The lowest BCUT2D eigenvalue weighted by molar-refractivity contribution is -0.116. The topological polar surface area (TPSA) is 64.0 Å². The highest BCUT2D eigenvalue weighted by Gasteiger charge is 2.07. The van der Waals surface area contributed by atoms with Crippen molar-refractivity contribution < 1.29 is 4.79 Å². The molecule has 1 heterocycles. The van der Waals surface area contributed by atoms with Gasteiger partial charge in [0.15, 0.2) is 0 Å². The molecule has 144 valence electrons. The van der Waals surface area contributed by atoms with Gasteiger partial charge in [0.05, 0.1) is 5.69 Å². The molecule has 0 aliphatic carbocycles. The lowest BCUT2D eigenvalue weighted by atomic mass is 10.1. The van der Waals surface area contributed by atoms with Crippen molar-refractivity contribution in [2.24, 2.45) is 0 Å². The largest absolute Gasteiger partial charge is 0.326 e. The van der Waals surface area contributed by atoms with E-state index in [1.807, 2.05) is 37.3 Å². The molecule has 0 atom stereocenters. The second-order valence-electron chi connectivity index (χ2n) is 6.40. The smallest absolute Gasteiger partial charge is 0.266 e. The predicted octanol–water partition coefficient (Wildman–Crippen LogP) is 5.05. The van der Waals surface area contributed by atoms with Gasteiger partial charge in [-0.3, -0.25) is 9.59 Å². The van der Waals surface area contributed by atoms with Crippen LogP contribution in [0.5, 0.6) is 0 Å². The van der Waals surface area contributed by atoms with Crippen LogP contribution in [0.15, 0.2) is 63.9 Å². The molecule has 2 aromatic carbocycles. The van der Waals surface area contributed by atoms with E-state index in [9.17, 15) is 9.59 Å². The minimum atomic E-state index is -0.193. The van der Waals surface area contributed by atoms with Gasteiger partial charge in [0.2, 0.25) is 5.91 Å². The van der Waals surface area contributed by atoms with Crippen LogP contribution in [-0.2, 0) is 11.3 Å². The van der Waals surface area contributed by atoms with Crippen LogP contribution in [0.3, 0.4) is 0 Å². The average molecular weight is 461 g/mol. The quantitative estimate of drug-likeness (QED) is 0.559. The molecule has 0 bridgehead atoms. The zero-order valence-corrected chi connectivity index (χ0v) is 17.6. The summed E-state index contributed by atoms with van der Waals surface area (Å²) in [7, 11) is 0. The first-order valence-electron chi connectivity index (χ1n) is 8.82. The summed E-state index contributed by atoms with van der Waals surface area (Å²) in [5.41, 5.74) is 3.14. The van der Waals surface area contributed by atoms with E-state index in [4.69, 9.17) is 11.6 Å². The van der Waals surface area contributed by atoms with E-state index < -0.39 is 0 Å². The Balaban J connectivity index is 1.61. The maximum atomic E-state index is 12.2. The molecule has 1 amide bonds. The van der Waals surface area contributed by atoms with Crippen molar-refractivity contribution in [3.8, 4) is 11.3 Å². The van der Waals surface area contributed by atoms with Gasteiger partial charge in [0.1, 0.15) is 0 Å². The molecule has 7 heteroatoms. The number of carbonyl (C=O) groups excluding carboxylic acids is 1. The van der Waals surface area contributed by atoms with E-state index in [2.05, 4.69) is 26.3 Å². The van der Waals surface area contributed by atoms with Crippen LogP contribution in [0.2, 0.25) is 5.02 Å². The Hall–Kier alpha value is -2.44. The monoisotopic (exact) mass is 459 g/mol. The summed E-state index contributed by atoms with van der Waals surface area (Å²) in [5, 5.41) is 7.94. The van der Waals surface area contributed by atoms with Crippen molar-refractivity contribution in [1.29, 1.82) is 0 Å². The number of aryl methyl sites for hydroxylation is 2. The van der Waals surface area contributed by atoms with Crippen molar-refractivity contribution >= 4 is 39.1 Å². The fourth-order valence-corrected chi connectivity index (χ4v) is 3.35. The SMILES string of the molecule is Cc1cc(Br)ccc1NC(=O)CCCn1nc(-c2ccc(Cl)cc2)ccc1=O. The van der Waals surface area contributed by atoms with E-state index in [1.54, 1.807) is 18.2 Å². The van der Waals surface area contributed by atoms with Gasteiger partial charge < -0.3 is 5.32 Å². The molecule has 0 aliphatic rings. The van der Waals surface area contributed by atoms with Crippen LogP contribution < -0.4 is 10.9 Å². The van der Waals surface area contributed by atoms with Gasteiger partial charge >= 0.3 is 0 Å². The third kappa shape index (κ3) is 5.30. The van der Waals surface area contributed by atoms with Crippen molar-refractivity contribution in [1.82, 2.24) is 9.78 Å². The van der Waals surface area contributed by atoms with E-state index in [1.165, 1.54) is 10.7 Å². The summed E-state index contributed by atoms with van der Waals surface area (Å²) in [6.07, 6.45) is 0.813. The molecule has 0 spiro atoms. The second-order valence-corrected chi connectivity index (χ2v) is 7.75. The summed E-state index contributed by atoms with van der Waals surface area (Å²) in [5.74, 6) is -0.0904. The summed E-state index contributed by atoms with van der Waals surface area (Å²) in [6.45, 7) is 2.30. The Labute approximate surface area is 176 Å². The number of halogens is 2. The maximum Gasteiger partial charge on any atom is 0.266 e. The van der Waals surface area contributed by atoms with Crippen LogP contribution in [-0.4, -0.2) is 15.7 Å². The molecule has 0 saturated heterocycles. The normalized spacial score (nSPS) is 10.7. The number of hydrogen-bond donors (Lipinski definition) is 1. The number of benzene rings is 2. The Morgan fingerprint density at radius 1 is 1.14 bits per heavy atom. The average Bonchev–Trinajstić information content (AvgIpc) is 2.66. The van der Waals surface area contributed by atoms with Gasteiger partial charge in [0, 0.05) is 39.8 Å². The van der Waals surface area contributed by atoms with Gasteiger partial charge in [-0.1, -0.05) is 39.7 Å². The highest BCUT2D eigenvalue weighted by molar-refractivity contribution is 9.10. The number of carbonyl (C=O) groups is 1. The van der Waals surface area contributed by atoms with Crippen molar-refractivity contribution in [3.05, 3.63) is 80.0 Å². The maximum absolute atomic E-state index is 12.2. The van der Waals surface area contributed by atoms with Gasteiger partial charge in [-0.2, -0.15) is 5.10 Å². The summed E-state index contributed by atoms with van der Waals surface area (Å²) in [4.78, 5) is 24.3. The van der Waals surface area contributed by atoms with Gasteiger partial charge in [-0.05, 0) is 55.3 Å². The molecule has 0 fully saturated rings. The van der Waals surface area contributed by atoms with Crippen LogP contribution in [0.1, 0.15) is 18.4 Å². The number of amides is 1. The number of aromatic nitrogens is 2. The first-order valence-corrected chi connectivity index (χ1v) is 9.99. The van der Waals surface area contributed by atoms with Crippen LogP contribution in [0.25, 0.3) is 11.3 Å². The van der Waals surface area contributed by atoms with Crippen LogP contribution in [0, 0.1) is 6.92 Å². The zero-order valence-electron chi connectivity index (χ0n) is 15.3. The fourth-order valence-electron chi connectivity index (χ4n) is 2.75.